The highest BCUT2D eigenvalue weighted by atomic mass is 35.5. The molecule has 1 aromatic carbocycles. The van der Waals surface area contributed by atoms with Gasteiger partial charge < -0.3 is 15.4 Å². The molecular weight excluding hydrogens is 469 g/mol. The summed E-state index contributed by atoms with van der Waals surface area (Å²) in [6.45, 7) is 0.128. The SMILES string of the molecule is O=C(COc1ccc(Cl)cc1Cl)Nc1sc2c(c1C(=O)NCc1cccnc1)CCCC2. The molecule has 4 rings (SSSR count). The molecule has 2 aromatic heterocycles. The first-order valence-corrected chi connectivity index (χ1v) is 11.8. The maximum Gasteiger partial charge on any atom is 0.262 e. The van der Waals surface area contributed by atoms with Crippen LogP contribution < -0.4 is 15.4 Å². The zero-order valence-corrected chi connectivity index (χ0v) is 19.4. The zero-order valence-electron chi connectivity index (χ0n) is 17.1. The number of nitrogens with zero attached hydrogens (tertiary/aromatic N) is 1. The van der Waals surface area contributed by atoms with E-state index in [4.69, 9.17) is 27.9 Å². The second kappa shape index (κ2) is 10.3. The van der Waals surface area contributed by atoms with Gasteiger partial charge in [-0.15, -0.1) is 11.3 Å². The molecule has 0 radical (unpaired) electrons. The maximum atomic E-state index is 13.1. The lowest BCUT2D eigenvalue weighted by Gasteiger charge is -2.13. The third-order valence-corrected chi connectivity index (χ3v) is 6.82. The molecule has 0 saturated carbocycles. The number of pyridine rings is 1. The standard InChI is InChI=1S/C23H21Cl2N3O3S/c24-15-7-8-18(17(25)10-15)31-13-20(29)28-23-21(16-5-1-2-6-19(16)32-23)22(30)27-12-14-4-3-9-26-11-14/h3-4,7-11H,1-2,5-6,12-13H2,(H,27,30)(H,28,29). The van der Waals surface area contributed by atoms with Crippen LogP contribution in [-0.4, -0.2) is 23.4 Å². The summed E-state index contributed by atoms with van der Waals surface area (Å²) in [5.74, 6) is -0.202. The minimum Gasteiger partial charge on any atom is -0.482 e. The molecule has 1 aliphatic rings. The number of halogens is 2. The third kappa shape index (κ3) is 5.41. The summed E-state index contributed by atoms with van der Waals surface area (Å²) in [5.41, 5.74) is 2.48. The van der Waals surface area contributed by atoms with Gasteiger partial charge in [-0.1, -0.05) is 29.3 Å². The monoisotopic (exact) mass is 489 g/mol. The van der Waals surface area contributed by atoms with E-state index in [1.807, 2.05) is 12.1 Å². The molecule has 3 aromatic rings. The van der Waals surface area contributed by atoms with Gasteiger partial charge in [-0.25, -0.2) is 0 Å². The number of carbonyl (C=O) groups excluding carboxylic acids is 2. The smallest absolute Gasteiger partial charge is 0.262 e. The molecule has 2 heterocycles. The summed E-state index contributed by atoms with van der Waals surface area (Å²) in [6.07, 6.45) is 7.25. The van der Waals surface area contributed by atoms with Crippen molar-refractivity contribution in [2.24, 2.45) is 0 Å². The molecule has 2 amide bonds. The molecule has 0 saturated heterocycles. The van der Waals surface area contributed by atoms with Crippen molar-refractivity contribution in [2.45, 2.75) is 32.2 Å². The van der Waals surface area contributed by atoms with Gasteiger partial charge >= 0.3 is 0 Å². The highest BCUT2D eigenvalue weighted by Crippen LogP contribution is 2.38. The number of benzene rings is 1. The van der Waals surface area contributed by atoms with E-state index in [1.165, 1.54) is 11.3 Å². The summed E-state index contributed by atoms with van der Waals surface area (Å²) in [6, 6.07) is 8.52. The molecule has 1 aliphatic carbocycles. The normalized spacial score (nSPS) is 12.7. The number of anilines is 1. The van der Waals surface area contributed by atoms with Crippen LogP contribution in [0.4, 0.5) is 5.00 Å². The fourth-order valence-corrected chi connectivity index (χ4v) is 5.33. The van der Waals surface area contributed by atoms with Gasteiger partial charge in [-0.3, -0.25) is 14.6 Å². The van der Waals surface area contributed by atoms with Gasteiger partial charge in [0.2, 0.25) is 0 Å². The van der Waals surface area contributed by atoms with E-state index in [0.29, 0.717) is 32.9 Å². The Morgan fingerprint density at radius 3 is 2.78 bits per heavy atom. The number of hydrogen-bond acceptors (Lipinski definition) is 5. The highest BCUT2D eigenvalue weighted by molar-refractivity contribution is 7.17. The second-order valence-electron chi connectivity index (χ2n) is 7.37. The maximum absolute atomic E-state index is 13.1. The van der Waals surface area contributed by atoms with E-state index in [0.717, 1.165) is 41.7 Å². The predicted octanol–water partition coefficient (Wildman–Crippen LogP) is 5.28. The van der Waals surface area contributed by atoms with E-state index in [9.17, 15) is 9.59 Å². The summed E-state index contributed by atoms with van der Waals surface area (Å²) >= 11 is 13.4. The van der Waals surface area contributed by atoms with Crippen molar-refractivity contribution in [2.75, 3.05) is 11.9 Å². The van der Waals surface area contributed by atoms with Crippen molar-refractivity contribution in [3.8, 4) is 5.75 Å². The zero-order chi connectivity index (χ0) is 22.5. The van der Waals surface area contributed by atoms with Crippen molar-refractivity contribution < 1.29 is 14.3 Å². The first kappa shape index (κ1) is 22.6. The molecule has 9 heteroatoms. The number of fused-ring (bicyclic) bond motifs is 1. The lowest BCUT2D eigenvalue weighted by Crippen LogP contribution is -2.26. The average Bonchev–Trinajstić information content (AvgIpc) is 3.15. The minimum absolute atomic E-state index is 0.204. The molecule has 166 valence electrons. The number of hydrogen-bond donors (Lipinski definition) is 2. The predicted molar refractivity (Wildman–Crippen MR) is 127 cm³/mol. The van der Waals surface area contributed by atoms with Crippen LogP contribution in [0.5, 0.6) is 5.75 Å². The quantitative estimate of drug-likeness (QED) is 0.473. The number of aromatic nitrogens is 1. The number of amides is 2. The topological polar surface area (TPSA) is 80.3 Å². The molecule has 6 nitrogen and oxygen atoms in total. The summed E-state index contributed by atoms with van der Waals surface area (Å²) in [7, 11) is 0. The number of carbonyl (C=O) groups is 2. The third-order valence-electron chi connectivity index (χ3n) is 5.08. The van der Waals surface area contributed by atoms with Crippen LogP contribution in [0.15, 0.2) is 42.7 Å². The fourth-order valence-electron chi connectivity index (χ4n) is 3.57. The van der Waals surface area contributed by atoms with Crippen LogP contribution in [0.1, 0.15) is 39.2 Å². The number of rotatable bonds is 7. The highest BCUT2D eigenvalue weighted by Gasteiger charge is 2.26. The van der Waals surface area contributed by atoms with Gasteiger partial charge in [0, 0.05) is 28.8 Å². The Morgan fingerprint density at radius 1 is 1.16 bits per heavy atom. The van der Waals surface area contributed by atoms with Gasteiger partial charge in [-0.05, 0) is 61.1 Å². The fraction of sp³-hybridized carbons (Fsp3) is 0.261. The Morgan fingerprint density at radius 2 is 2.00 bits per heavy atom. The number of thiophene rings is 1. The first-order chi connectivity index (χ1) is 15.5. The van der Waals surface area contributed by atoms with Crippen LogP contribution in [0.25, 0.3) is 0 Å². The lowest BCUT2D eigenvalue weighted by atomic mass is 9.95. The van der Waals surface area contributed by atoms with Gasteiger partial charge in [0.25, 0.3) is 11.8 Å². The van der Waals surface area contributed by atoms with Gasteiger partial charge in [0.05, 0.1) is 10.6 Å². The number of ether oxygens (including phenoxy) is 1. The van der Waals surface area contributed by atoms with Crippen molar-refractivity contribution in [1.29, 1.82) is 0 Å². The molecule has 0 bridgehead atoms. The number of aryl methyl sites for hydroxylation is 1. The molecule has 32 heavy (non-hydrogen) atoms. The molecule has 0 unspecified atom stereocenters. The van der Waals surface area contributed by atoms with Crippen molar-refractivity contribution >= 4 is 51.4 Å². The average molecular weight is 490 g/mol. The molecule has 0 atom stereocenters. The Bertz CT molecular complexity index is 1140. The number of nitrogens with one attached hydrogen (secondary N) is 2. The molecule has 0 spiro atoms. The van der Waals surface area contributed by atoms with Crippen LogP contribution >= 0.6 is 34.5 Å². The van der Waals surface area contributed by atoms with Crippen LogP contribution in [0.3, 0.4) is 0 Å². The van der Waals surface area contributed by atoms with E-state index < -0.39 is 0 Å². The van der Waals surface area contributed by atoms with Crippen molar-refractivity contribution in [1.82, 2.24) is 10.3 Å². The van der Waals surface area contributed by atoms with E-state index >= 15 is 0 Å². The molecule has 2 N–H and O–H groups in total. The van der Waals surface area contributed by atoms with Gasteiger partial charge in [-0.2, -0.15) is 0 Å². The summed E-state index contributed by atoms with van der Waals surface area (Å²) < 4.78 is 5.53. The van der Waals surface area contributed by atoms with E-state index in [2.05, 4.69) is 15.6 Å². The summed E-state index contributed by atoms with van der Waals surface area (Å²) in [4.78, 5) is 30.9. The molecule has 0 fully saturated rings. The van der Waals surface area contributed by atoms with E-state index in [-0.39, 0.29) is 18.4 Å². The van der Waals surface area contributed by atoms with Crippen LogP contribution in [0.2, 0.25) is 10.0 Å². The van der Waals surface area contributed by atoms with Gasteiger partial charge in [0.15, 0.2) is 6.61 Å². The van der Waals surface area contributed by atoms with Crippen LogP contribution in [-0.2, 0) is 24.2 Å². The molecular formula is C23H21Cl2N3O3S. The Kier molecular flexibility index (Phi) is 7.29. The second-order valence-corrected chi connectivity index (χ2v) is 9.32. The molecule has 0 aliphatic heterocycles. The van der Waals surface area contributed by atoms with Crippen molar-refractivity contribution in [3.63, 3.8) is 0 Å². The van der Waals surface area contributed by atoms with Crippen molar-refractivity contribution in [3.05, 3.63) is 74.3 Å². The van der Waals surface area contributed by atoms with Gasteiger partial charge in [0.1, 0.15) is 10.8 Å². The largest absolute Gasteiger partial charge is 0.482 e. The summed E-state index contributed by atoms with van der Waals surface area (Å²) in [5, 5.41) is 7.17. The minimum atomic E-state index is -0.365. The van der Waals surface area contributed by atoms with E-state index in [1.54, 1.807) is 30.6 Å². The first-order valence-electron chi connectivity index (χ1n) is 10.2. The Balaban J connectivity index is 1.47. The lowest BCUT2D eigenvalue weighted by molar-refractivity contribution is -0.118. The Hall–Kier alpha value is -2.61. The Labute approximate surface area is 199 Å². The van der Waals surface area contributed by atoms with Crippen LogP contribution in [0, 0.1) is 0 Å².